The van der Waals surface area contributed by atoms with Gasteiger partial charge in [-0.05, 0) is 50.3 Å². The van der Waals surface area contributed by atoms with Crippen molar-refractivity contribution in [2.24, 2.45) is 9.98 Å². The van der Waals surface area contributed by atoms with Crippen LogP contribution in [0.5, 0.6) is 5.75 Å². The minimum absolute atomic E-state index is 0.269. The summed E-state index contributed by atoms with van der Waals surface area (Å²) >= 11 is 0. The molecule has 1 N–H and O–H groups in total. The van der Waals surface area contributed by atoms with E-state index in [-0.39, 0.29) is 5.75 Å². The Labute approximate surface area is 165 Å². The monoisotopic (exact) mass is 374 g/mol. The van der Waals surface area contributed by atoms with Gasteiger partial charge in [-0.15, -0.1) is 0 Å². The molecule has 152 valence electrons. The van der Waals surface area contributed by atoms with Crippen LogP contribution < -0.4 is 0 Å². The summed E-state index contributed by atoms with van der Waals surface area (Å²) in [6.45, 7) is 18.3. The lowest BCUT2D eigenvalue weighted by Crippen LogP contribution is -2.25. The molecule has 0 spiro atoms. The van der Waals surface area contributed by atoms with Crippen molar-refractivity contribution < 1.29 is 5.11 Å². The largest absolute Gasteiger partial charge is 0.507 e. The molecule has 1 aromatic carbocycles. The van der Waals surface area contributed by atoms with E-state index in [1.807, 2.05) is 12.1 Å². The highest BCUT2D eigenvalue weighted by Gasteiger charge is 2.07. The van der Waals surface area contributed by atoms with E-state index in [0.717, 1.165) is 69.9 Å². The molecular formula is C22H38N4O. The summed E-state index contributed by atoms with van der Waals surface area (Å²) in [4.78, 5) is 13.7. The Morgan fingerprint density at radius 2 is 1.19 bits per heavy atom. The van der Waals surface area contributed by atoms with Gasteiger partial charge in [-0.3, -0.25) is 9.98 Å². The summed E-state index contributed by atoms with van der Waals surface area (Å²) in [6, 6.07) is 4.03. The second-order valence-corrected chi connectivity index (χ2v) is 6.60. The quantitative estimate of drug-likeness (QED) is 0.538. The standard InChI is InChI=1S/C22H38N4O/c1-6-19-15-20(17-23-11-13-25(7-2)8-3)22(27)21(16-19)18-24-12-14-26(9-4)10-5/h15-18,27H,6-14H2,1-5H3. The zero-order valence-electron chi connectivity index (χ0n) is 17.9. The molecule has 0 radical (unpaired) electrons. The first-order chi connectivity index (χ1) is 13.1. The van der Waals surface area contributed by atoms with Gasteiger partial charge < -0.3 is 14.9 Å². The van der Waals surface area contributed by atoms with Gasteiger partial charge in [0.2, 0.25) is 0 Å². The van der Waals surface area contributed by atoms with E-state index < -0.39 is 0 Å². The van der Waals surface area contributed by atoms with Gasteiger partial charge in [0.1, 0.15) is 5.75 Å². The van der Waals surface area contributed by atoms with Gasteiger partial charge in [0.15, 0.2) is 0 Å². The summed E-state index contributed by atoms with van der Waals surface area (Å²) < 4.78 is 0. The van der Waals surface area contributed by atoms with Crippen LogP contribution in [0.2, 0.25) is 0 Å². The zero-order valence-corrected chi connectivity index (χ0v) is 17.9. The molecule has 0 saturated carbocycles. The number of hydrogen-bond acceptors (Lipinski definition) is 5. The number of rotatable bonds is 13. The lowest BCUT2D eigenvalue weighted by molar-refractivity contribution is 0.313. The summed E-state index contributed by atoms with van der Waals surface area (Å²) in [6.07, 6.45) is 4.51. The third-order valence-electron chi connectivity index (χ3n) is 4.98. The molecular weight excluding hydrogens is 336 g/mol. The summed E-state index contributed by atoms with van der Waals surface area (Å²) in [5.41, 5.74) is 2.74. The fourth-order valence-corrected chi connectivity index (χ4v) is 2.95. The number of aliphatic imine (C=N–C) groups is 2. The molecule has 0 aliphatic heterocycles. The Bertz CT molecular complexity index is 543. The van der Waals surface area contributed by atoms with Crippen LogP contribution in [0.25, 0.3) is 0 Å². The van der Waals surface area contributed by atoms with E-state index in [0.29, 0.717) is 0 Å². The third kappa shape index (κ3) is 8.22. The van der Waals surface area contributed by atoms with Crippen LogP contribution in [0.4, 0.5) is 0 Å². The maximum Gasteiger partial charge on any atom is 0.133 e. The average Bonchev–Trinajstić information content (AvgIpc) is 2.70. The number of likely N-dealkylation sites (N-methyl/N-ethyl adjacent to an activating group) is 2. The van der Waals surface area contributed by atoms with Crippen LogP contribution in [0.15, 0.2) is 22.1 Å². The fourth-order valence-electron chi connectivity index (χ4n) is 2.95. The molecule has 0 heterocycles. The number of aromatic hydroxyl groups is 1. The Morgan fingerprint density at radius 3 is 1.52 bits per heavy atom. The molecule has 5 heteroatoms. The topological polar surface area (TPSA) is 51.4 Å². The fraction of sp³-hybridized carbons (Fsp3) is 0.636. The van der Waals surface area contributed by atoms with Crippen molar-refractivity contribution in [3.05, 3.63) is 28.8 Å². The highest BCUT2D eigenvalue weighted by Crippen LogP contribution is 2.22. The number of hydrogen-bond donors (Lipinski definition) is 1. The molecule has 5 nitrogen and oxygen atoms in total. The van der Waals surface area contributed by atoms with E-state index in [4.69, 9.17) is 0 Å². The molecule has 0 unspecified atom stereocenters. The Kier molecular flexibility index (Phi) is 11.6. The van der Waals surface area contributed by atoms with Gasteiger partial charge in [0.25, 0.3) is 0 Å². The molecule has 1 rings (SSSR count). The Morgan fingerprint density at radius 1 is 0.778 bits per heavy atom. The molecule has 0 aliphatic carbocycles. The Hall–Kier alpha value is -1.72. The van der Waals surface area contributed by atoms with Crippen molar-refractivity contribution >= 4 is 12.4 Å². The molecule has 0 atom stereocenters. The summed E-state index contributed by atoms with van der Waals surface area (Å²) in [5, 5.41) is 10.6. The van der Waals surface area contributed by atoms with E-state index >= 15 is 0 Å². The van der Waals surface area contributed by atoms with E-state index in [9.17, 15) is 5.11 Å². The highest BCUT2D eigenvalue weighted by atomic mass is 16.3. The van der Waals surface area contributed by atoms with Gasteiger partial charge >= 0.3 is 0 Å². The lowest BCUT2D eigenvalue weighted by atomic mass is 10.0. The van der Waals surface area contributed by atoms with Gasteiger partial charge in [-0.2, -0.15) is 0 Å². The number of phenolic OH excluding ortho intramolecular Hbond substituents is 1. The van der Waals surface area contributed by atoms with Crippen LogP contribution in [0, 0.1) is 0 Å². The molecule has 0 amide bonds. The average molecular weight is 375 g/mol. The normalized spacial score (nSPS) is 12.3. The molecule has 27 heavy (non-hydrogen) atoms. The predicted molar refractivity (Wildman–Crippen MR) is 118 cm³/mol. The third-order valence-corrected chi connectivity index (χ3v) is 4.98. The highest BCUT2D eigenvalue weighted by molar-refractivity contribution is 5.92. The van der Waals surface area contributed by atoms with Crippen molar-refractivity contribution in [2.75, 3.05) is 52.4 Å². The van der Waals surface area contributed by atoms with Gasteiger partial charge in [0, 0.05) is 36.6 Å². The first-order valence-electron chi connectivity index (χ1n) is 10.4. The van der Waals surface area contributed by atoms with Gasteiger partial charge in [-0.1, -0.05) is 34.6 Å². The first-order valence-corrected chi connectivity index (χ1v) is 10.4. The molecule has 0 aliphatic rings. The number of aryl methyl sites for hydroxylation is 1. The van der Waals surface area contributed by atoms with E-state index in [1.54, 1.807) is 12.4 Å². The van der Waals surface area contributed by atoms with Crippen molar-refractivity contribution in [1.82, 2.24) is 9.80 Å². The second kappa shape index (κ2) is 13.4. The molecule has 0 saturated heterocycles. The molecule has 0 fully saturated rings. The van der Waals surface area contributed by atoms with Gasteiger partial charge in [-0.25, -0.2) is 0 Å². The minimum atomic E-state index is 0.269. The van der Waals surface area contributed by atoms with E-state index in [2.05, 4.69) is 54.4 Å². The second-order valence-electron chi connectivity index (χ2n) is 6.60. The van der Waals surface area contributed by atoms with Crippen molar-refractivity contribution in [3.63, 3.8) is 0 Å². The molecule has 1 aromatic rings. The summed E-state index contributed by atoms with van der Waals surface area (Å²) in [5.74, 6) is 0.269. The number of benzene rings is 1. The molecule has 0 aromatic heterocycles. The van der Waals surface area contributed by atoms with Crippen LogP contribution in [-0.2, 0) is 6.42 Å². The van der Waals surface area contributed by atoms with Gasteiger partial charge in [0.05, 0.1) is 13.1 Å². The molecule has 0 bridgehead atoms. The maximum absolute atomic E-state index is 10.6. The lowest BCUT2D eigenvalue weighted by Gasteiger charge is -2.16. The van der Waals surface area contributed by atoms with Crippen LogP contribution in [0.3, 0.4) is 0 Å². The summed E-state index contributed by atoms with van der Waals surface area (Å²) in [7, 11) is 0. The number of nitrogens with zero attached hydrogens (tertiary/aromatic N) is 4. The SMILES string of the molecule is CCc1cc(C=NCCN(CC)CC)c(O)c(C=NCCN(CC)CC)c1. The first kappa shape index (κ1) is 23.3. The Balaban J connectivity index is 2.80. The van der Waals surface area contributed by atoms with Crippen LogP contribution in [-0.4, -0.2) is 79.7 Å². The predicted octanol–water partition coefficient (Wildman–Crippen LogP) is 3.48. The zero-order chi connectivity index (χ0) is 20.1. The van der Waals surface area contributed by atoms with Crippen molar-refractivity contribution in [2.45, 2.75) is 41.0 Å². The van der Waals surface area contributed by atoms with Crippen molar-refractivity contribution in [3.8, 4) is 5.75 Å². The van der Waals surface area contributed by atoms with E-state index in [1.165, 1.54) is 5.56 Å². The van der Waals surface area contributed by atoms with Crippen molar-refractivity contribution in [1.29, 1.82) is 0 Å². The smallest absolute Gasteiger partial charge is 0.133 e. The maximum atomic E-state index is 10.6. The van der Waals surface area contributed by atoms with Crippen LogP contribution in [0.1, 0.15) is 51.3 Å². The minimum Gasteiger partial charge on any atom is -0.507 e. The number of phenols is 1. The van der Waals surface area contributed by atoms with Crippen LogP contribution >= 0.6 is 0 Å².